The third kappa shape index (κ3) is 6.77. The standard InChI is InChI=1S/C64H44N2O2/c1-40-41(2)63-62(58-37-48-20-28-53(34-50(48)38-60(58)67-63)65-52-26-18-45(19-27-52)42-12-6-3-7-13-42)64-61(40)57-36-49-25-33-56(35-51(49)39-59(57)68-64)66(54-29-21-46(22-30-54)43-14-8-4-9-15-43)55-31-23-47(24-32-55)44-16-10-5-11-17-44/h3-39,65H,1-2H3. The van der Waals surface area contributed by atoms with Crippen LogP contribution < -0.4 is 10.2 Å². The lowest BCUT2D eigenvalue weighted by Gasteiger charge is -2.26. The normalized spacial score (nSPS) is 11.7. The van der Waals surface area contributed by atoms with E-state index in [1.165, 1.54) is 38.9 Å². The van der Waals surface area contributed by atoms with E-state index in [9.17, 15) is 0 Å². The average Bonchev–Trinajstić information content (AvgIpc) is 3.96. The van der Waals surface area contributed by atoms with Gasteiger partial charge in [0.15, 0.2) is 0 Å². The van der Waals surface area contributed by atoms with Gasteiger partial charge >= 0.3 is 0 Å². The molecule has 4 nitrogen and oxygen atoms in total. The number of furan rings is 2. The Morgan fingerprint density at radius 2 is 0.750 bits per heavy atom. The predicted octanol–water partition coefficient (Wildman–Crippen LogP) is 18.6. The average molecular weight is 873 g/mol. The summed E-state index contributed by atoms with van der Waals surface area (Å²) < 4.78 is 13.8. The fraction of sp³-hybridized carbons (Fsp3) is 0.0312. The molecular formula is C64H44N2O2. The van der Waals surface area contributed by atoms with Gasteiger partial charge in [0.2, 0.25) is 0 Å². The number of nitrogens with zero attached hydrogens (tertiary/aromatic N) is 1. The van der Waals surface area contributed by atoms with Crippen molar-refractivity contribution < 1.29 is 8.83 Å². The predicted molar refractivity (Wildman–Crippen MR) is 286 cm³/mol. The second-order valence-electron chi connectivity index (χ2n) is 17.9. The molecule has 13 aromatic rings. The van der Waals surface area contributed by atoms with Gasteiger partial charge in [0.1, 0.15) is 22.3 Å². The minimum Gasteiger partial charge on any atom is -0.456 e. The van der Waals surface area contributed by atoms with Crippen molar-refractivity contribution in [1.82, 2.24) is 0 Å². The maximum atomic E-state index is 7.01. The lowest BCUT2D eigenvalue weighted by molar-refractivity contribution is 0.660. The van der Waals surface area contributed by atoms with Gasteiger partial charge in [-0.3, -0.25) is 0 Å². The Hall–Kier alpha value is -8.86. The van der Waals surface area contributed by atoms with Crippen molar-refractivity contribution in [3.05, 3.63) is 236 Å². The SMILES string of the molecule is Cc1c(C)c2c3cc4ccc(N(c5ccc(-c6ccccc6)cc5)c5ccc(-c6ccccc6)cc5)cc4cc3oc2c2c1oc1cc3cc(Nc4ccc(-c5ccccc5)cc4)ccc3cc12. The highest BCUT2D eigenvalue weighted by molar-refractivity contribution is 6.26. The number of hydrogen-bond acceptors (Lipinski definition) is 4. The molecule has 1 N–H and O–H groups in total. The van der Waals surface area contributed by atoms with Gasteiger partial charge in [-0.2, -0.15) is 0 Å². The Morgan fingerprint density at radius 1 is 0.324 bits per heavy atom. The van der Waals surface area contributed by atoms with E-state index in [0.717, 1.165) is 99.4 Å². The summed E-state index contributed by atoms with van der Waals surface area (Å²) in [6, 6.07) is 80.1. The molecule has 13 rings (SSSR count). The molecule has 2 aromatic heterocycles. The molecule has 0 atom stereocenters. The van der Waals surface area contributed by atoms with Crippen LogP contribution in [0.15, 0.2) is 233 Å². The fourth-order valence-corrected chi connectivity index (χ4v) is 10.1. The molecule has 0 radical (unpaired) electrons. The number of fused-ring (bicyclic) bond motifs is 9. The second kappa shape index (κ2) is 15.9. The smallest absolute Gasteiger partial charge is 0.147 e. The Morgan fingerprint density at radius 3 is 1.29 bits per heavy atom. The van der Waals surface area contributed by atoms with E-state index < -0.39 is 0 Å². The quantitative estimate of drug-likeness (QED) is 0.165. The zero-order valence-electron chi connectivity index (χ0n) is 37.6. The summed E-state index contributed by atoms with van der Waals surface area (Å²) in [4.78, 5) is 2.34. The van der Waals surface area contributed by atoms with Crippen molar-refractivity contribution in [3.8, 4) is 33.4 Å². The molecule has 11 aromatic carbocycles. The minimum atomic E-state index is 0.843. The first-order valence-corrected chi connectivity index (χ1v) is 23.2. The van der Waals surface area contributed by atoms with Crippen LogP contribution >= 0.6 is 0 Å². The van der Waals surface area contributed by atoms with Crippen LogP contribution in [0.25, 0.3) is 98.8 Å². The first-order valence-electron chi connectivity index (χ1n) is 23.2. The number of rotatable bonds is 8. The highest BCUT2D eigenvalue weighted by Gasteiger charge is 2.23. The molecule has 0 spiro atoms. The van der Waals surface area contributed by atoms with Crippen LogP contribution in [0.5, 0.6) is 0 Å². The number of hydrogen-bond donors (Lipinski definition) is 1. The van der Waals surface area contributed by atoms with Crippen molar-refractivity contribution in [1.29, 1.82) is 0 Å². The van der Waals surface area contributed by atoms with Crippen LogP contribution in [0.4, 0.5) is 28.4 Å². The van der Waals surface area contributed by atoms with E-state index in [2.05, 4.69) is 242 Å². The molecule has 0 saturated carbocycles. The maximum absolute atomic E-state index is 7.01. The van der Waals surface area contributed by atoms with Gasteiger partial charge in [0.05, 0.1) is 5.39 Å². The molecule has 0 amide bonds. The molecule has 2 heterocycles. The Kier molecular flexibility index (Phi) is 9.26. The Labute approximate surface area is 393 Å². The van der Waals surface area contributed by atoms with E-state index >= 15 is 0 Å². The summed E-state index contributed by atoms with van der Waals surface area (Å²) in [5, 5.41) is 12.4. The van der Waals surface area contributed by atoms with Crippen LogP contribution in [0.3, 0.4) is 0 Å². The summed E-state index contributed by atoms with van der Waals surface area (Å²) in [6.45, 7) is 4.36. The molecule has 0 fully saturated rings. The Balaban J connectivity index is 0.890. The molecule has 0 unspecified atom stereocenters. The van der Waals surface area contributed by atoms with Crippen molar-refractivity contribution in [2.75, 3.05) is 10.2 Å². The second-order valence-corrected chi connectivity index (χ2v) is 17.9. The topological polar surface area (TPSA) is 41.6 Å². The van der Waals surface area contributed by atoms with Crippen LogP contribution in [0.2, 0.25) is 0 Å². The Bertz CT molecular complexity index is 3940. The first-order chi connectivity index (χ1) is 33.5. The van der Waals surface area contributed by atoms with Crippen LogP contribution in [0, 0.1) is 13.8 Å². The van der Waals surface area contributed by atoms with E-state index in [4.69, 9.17) is 8.83 Å². The largest absolute Gasteiger partial charge is 0.456 e. The summed E-state index contributed by atoms with van der Waals surface area (Å²) in [5.41, 5.74) is 18.2. The maximum Gasteiger partial charge on any atom is 0.147 e. The molecular weight excluding hydrogens is 829 g/mol. The van der Waals surface area contributed by atoms with Crippen LogP contribution in [-0.4, -0.2) is 0 Å². The number of nitrogens with one attached hydrogen (secondary N) is 1. The molecule has 0 aliphatic rings. The third-order valence-electron chi connectivity index (χ3n) is 13.8. The lowest BCUT2D eigenvalue weighted by Crippen LogP contribution is -2.09. The van der Waals surface area contributed by atoms with E-state index in [1.54, 1.807) is 0 Å². The van der Waals surface area contributed by atoms with E-state index in [1.807, 2.05) is 6.07 Å². The molecule has 0 saturated heterocycles. The van der Waals surface area contributed by atoms with Crippen molar-refractivity contribution in [2.45, 2.75) is 13.8 Å². The van der Waals surface area contributed by atoms with Gasteiger partial charge in [-0.1, -0.05) is 140 Å². The summed E-state index contributed by atoms with van der Waals surface area (Å²) in [6.07, 6.45) is 0. The molecule has 0 aliphatic carbocycles. The molecule has 0 bridgehead atoms. The van der Waals surface area contributed by atoms with Gasteiger partial charge in [-0.05, 0) is 165 Å². The van der Waals surface area contributed by atoms with Gasteiger partial charge in [-0.25, -0.2) is 0 Å². The van der Waals surface area contributed by atoms with Crippen LogP contribution in [0.1, 0.15) is 11.1 Å². The number of anilines is 5. The van der Waals surface area contributed by atoms with Gasteiger partial charge < -0.3 is 19.1 Å². The summed E-state index contributed by atoms with van der Waals surface area (Å²) in [5.74, 6) is 0. The zero-order valence-corrected chi connectivity index (χ0v) is 37.6. The highest BCUT2D eigenvalue weighted by Crippen LogP contribution is 2.46. The summed E-state index contributed by atoms with van der Waals surface area (Å²) >= 11 is 0. The fourth-order valence-electron chi connectivity index (χ4n) is 10.1. The van der Waals surface area contributed by atoms with Gasteiger partial charge in [-0.15, -0.1) is 0 Å². The van der Waals surface area contributed by atoms with Gasteiger partial charge in [0.25, 0.3) is 0 Å². The highest BCUT2D eigenvalue weighted by atomic mass is 16.3. The minimum absolute atomic E-state index is 0.843. The number of aryl methyl sites for hydroxylation is 2. The van der Waals surface area contributed by atoms with Crippen LogP contribution in [-0.2, 0) is 0 Å². The monoisotopic (exact) mass is 872 g/mol. The molecule has 4 heteroatoms. The third-order valence-corrected chi connectivity index (χ3v) is 13.8. The lowest BCUT2D eigenvalue weighted by atomic mass is 9.97. The van der Waals surface area contributed by atoms with Crippen molar-refractivity contribution in [2.24, 2.45) is 0 Å². The van der Waals surface area contributed by atoms with Crippen molar-refractivity contribution in [3.63, 3.8) is 0 Å². The first kappa shape index (κ1) is 39.5. The number of benzene rings is 11. The van der Waals surface area contributed by atoms with Gasteiger partial charge in [0, 0.05) is 44.6 Å². The summed E-state index contributed by atoms with van der Waals surface area (Å²) in [7, 11) is 0. The van der Waals surface area contributed by atoms with E-state index in [0.29, 0.717) is 0 Å². The van der Waals surface area contributed by atoms with Crippen molar-refractivity contribution >= 4 is 93.9 Å². The molecule has 68 heavy (non-hydrogen) atoms. The van der Waals surface area contributed by atoms with E-state index in [-0.39, 0.29) is 0 Å². The molecule has 0 aliphatic heterocycles. The molecule has 322 valence electrons. The zero-order chi connectivity index (χ0) is 45.3.